The first kappa shape index (κ1) is 20.7. The van der Waals surface area contributed by atoms with Gasteiger partial charge in [-0.3, -0.25) is 4.79 Å². The molecule has 2 aliphatic rings. The van der Waals surface area contributed by atoms with Crippen LogP contribution in [0.5, 0.6) is 0 Å². The summed E-state index contributed by atoms with van der Waals surface area (Å²) in [5.41, 5.74) is 3.21. The number of nitrogens with one attached hydrogen (secondary N) is 1. The van der Waals surface area contributed by atoms with Crippen LogP contribution in [0.1, 0.15) is 55.0 Å². The summed E-state index contributed by atoms with van der Waals surface area (Å²) in [7, 11) is 0. The van der Waals surface area contributed by atoms with E-state index in [2.05, 4.69) is 44.4 Å². The van der Waals surface area contributed by atoms with E-state index in [9.17, 15) is 4.79 Å². The number of benzene rings is 1. The minimum Gasteiger partial charge on any atom is -0.355 e. The van der Waals surface area contributed by atoms with Gasteiger partial charge in [-0.25, -0.2) is 4.98 Å². The number of carbonyl (C=O) groups excluding carboxylic acids is 1. The SMILES string of the molecule is Cc1ccccc1CNC(=O)[C@H]1CCCN(c2ncccc2-c2noc(C3CCC3)n2)C1. The third-order valence-corrected chi connectivity index (χ3v) is 6.73. The third kappa shape index (κ3) is 4.24. The fourth-order valence-electron chi connectivity index (χ4n) is 4.51. The summed E-state index contributed by atoms with van der Waals surface area (Å²) in [6.07, 6.45) is 7.07. The number of nitrogens with zero attached hydrogens (tertiary/aromatic N) is 4. The van der Waals surface area contributed by atoms with Gasteiger partial charge in [0.2, 0.25) is 17.6 Å². The number of hydrogen-bond acceptors (Lipinski definition) is 6. The van der Waals surface area contributed by atoms with Crippen molar-refractivity contribution in [3.63, 3.8) is 0 Å². The Morgan fingerprint density at radius 1 is 1.16 bits per heavy atom. The number of anilines is 1. The third-order valence-electron chi connectivity index (χ3n) is 6.73. The normalized spacial score (nSPS) is 18.9. The molecule has 1 aliphatic heterocycles. The standard InChI is InChI=1S/C25H29N5O2/c1-17-7-2-3-8-19(17)15-27-24(31)20-11-6-14-30(16-20)23-21(12-5-13-26-23)22-28-25(32-29-22)18-9-4-10-18/h2-3,5,7-8,12-13,18,20H,4,6,9-11,14-16H2,1H3,(H,27,31)/t20-/m0/s1. The van der Waals surface area contributed by atoms with E-state index >= 15 is 0 Å². The Bertz CT molecular complexity index is 1090. The quantitative estimate of drug-likeness (QED) is 0.628. The van der Waals surface area contributed by atoms with Gasteiger partial charge in [-0.1, -0.05) is 35.8 Å². The molecule has 2 aromatic heterocycles. The van der Waals surface area contributed by atoms with E-state index in [1.165, 1.54) is 12.0 Å². The maximum Gasteiger partial charge on any atom is 0.230 e. The molecule has 0 radical (unpaired) electrons. The van der Waals surface area contributed by atoms with Crippen LogP contribution in [0.15, 0.2) is 47.1 Å². The van der Waals surface area contributed by atoms with Gasteiger partial charge in [0.05, 0.1) is 11.5 Å². The van der Waals surface area contributed by atoms with Crippen molar-refractivity contribution in [2.75, 3.05) is 18.0 Å². The fraction of sp³-hybridized carbons (Fsp3) is 0.440. The van der Waals surface area contributed by atoms with Crippen molar-refractivity contribution in [3.8, 4) is 11.4 Å². The number of pyridine rings is 1. The number of hydrogen-bond donors (Lipinski definition) is 1. The molecule has 0 spiro atoms. The second-order valence-electron chi connectivity index (χ2n) is 8.89. The molecule has 5 rings (SSSR count). The van der Waals surface area contributed by atoms with Crippen LogP contribution in [0, 0.1) is 12.8 Å². The van der Waals surface area contributed by atoms with Crippen molar-refractivity contribution >= 4 is 11.7 Å². The molecule has 0 unspecified atom stereocenters. The van der Waals surface area contributed by atoms with Gasteiger partial charge in [0, 0.05) is 31.7 Å². The molecular formula is C25H29N5O2. The summed E-state index contributed by atoms with van der Waals surface area (Å²) >= 11 is 0. The lowest BCUT2D eigenvalue weighted by Gasteiger charge is -2.33. The van der Waals surface area contributed by atoms with Crippen molar-refractivity contribution in [1.29, 1.82) is 0 Å². The average Bonchev–Trinajstić information content (AvgIpc) is 3.26. The summed E-state index contributed by atoms with van der Waals surface area (Å²) in [5.74, 6) is 2.56. The predicted octanol–water partition coefficient (Wildman–Crippen LogP) is 4.24. The zero-order valence-corrected chi connectivity index (χ0v) is 18.5. The van der Waals surface area contributed by atoms with E-state index in [0.29, 0.717) is 24.8 Å². The zero-order valence-electron chi connectivity index (χ0n) is 18.5. The summed E-state index contributed by atoms with van der Waals surface area (Å²) in [6, 6.07) is 12.0. The van der Waals surface area contributed by atoms with Crippen LogP contribution < -0.4 is 10.2 Å². The maximum absolute atomic E-state index is 12.9. The number of piperidine rings is 1. The van der Waals surface area contributed by atoms with Crippen molar-refractivity contribution in [2.45, 2.75) is 51.5 Å². The maximum atomic E-state index is 12.9. The van der Waals surface area contributed by atoms with E-state index in [1.54, 1.807) is 6.20 Å². The topological polar surface area (TPSA) is 84.2 Å². The molecule has 3 heterocycles. The van der Waals surface area contributed by atoms with E-state index < -0.39 is 0 Å². The van der Waals surface area contributed by atoms with Crippen LogP contribution in [-0.2, 0) is 11.3 Å². The molecule has 3 aromatic rings. The molecule has 2 fully saturated rings. The Kier molecular flexibility index (Phi) is 5.88. The first-order chi connectivity index (χ1) is 15.7. The van der Waals surface area contributed by atoms with Crippen LogP contribution in [0.25, 0.3) is 11.4 Å². The monoisotopic (exact) mass is 431 g/mol. The second kappa shape index (κ2) is 9.10. The molecule has 1 N–H and O–H groups in total. The number of amides is 1. The largest absolute Gasteiger partial charge is 0.355 e. The molecule has 1 atom stereocenters. The van der Waals surface area contributed by atoms with E-state index in [1.807, 2.05) is 24.3 Å². The Morgan fingerprint density at radius 3 is 2.84 bits per heavy atom. The molecule has 32 heavy (non-hydrogen) atoms. The van der Waals surface area contributed by atoms with Crippen LogP contribution in [0.4, 0.5) is 5.82 Å². The van der Waals surface area contributed by atoms with Gasteiger partial charge in [0.15, 0.2) is 0 Å². The number of aryl methyl sites for hydroxylation is 1. The molecule has 1 aromatic carbocycles. The van der Waals surface area contributed by atoms with Crippen LogP contribution in [0.2, 0.25) is 0 Å². The van der Waals surface area contributed by atoms with Crippen molar-refractivity contribution in [2.24, 2.45) is 5.92 Å². The van der Waals surface area contributed by atoms with Crippen LogP contribution >= 0.6 is 0 Å². The molecule has 1 aliphatic carbocycles. The highest BCUT2D eigenvalue weighted by Gasteiger charge is 2.30. The summed E-state index contributed by atoms with van der Waals surface area (Å²) in [5, 5.41) is 7.37. The Labute approximate surface area is 188 Å². The second-order valence-corrected chi connectivity index (χ2v) is 8.89. The smallest absolute Gasteiger partial charge is 0.230 e. The number of rotatable bonds is 6. The molecule has 166 valence electrons. The highest BCUT2D eigenvalue weighted by atomic mass is 16.5. The van der Waals surface area contributed by atoms with Gasteiger partial charge in [0.25, 0.3) is 0 Å². The van der Waals surface area contributed by atoms with Crippen LogP contribution in [-0.4, -0.2) is 34.1 Å². The van der Waals surface area contributed by atoms with Gasteiger partial charge in [-0.05, 0) is 55.9 Å². The molecule has 1 amide bonds. The minimum absolute atomic E-state index is 0.0709. The number of aromatic nitrogens is 3. The first-order valence-electron chi connectivity index (χ1n) is 11.5. The minimum atomic E-state index is -0.0709. The van der Waals surface area contributed by atoms with Gasteiger partial charge in [0.1, 0.15) is 5.82 Å². The Morgan fingerprint density at radius 2 is 2.03 bits per heavy atom. The van der Waals surface area contributed by atoms with Gasteiger partial charge in [-0.15, -0.1) is 0 Å². The van der Waals surface area contributed by atoms with Gasteiger partial charge in [-0.2, -0.15) is 4.98 Å². The molecule has 1 saturated carbocycles. The van der Waals surface area contributed by atoms with Crippen LogP contribution in [0.3, 0.4) is 0 Å². The molecule has 1 saturated heterocycles. The lowest BCUT2D eigenvalue weighted by atomic mass is 9.85. The van der Waals surface area contributed by atoms with Gasteiger partial charge >= 0.3 is 0 Å². The Hall–Kier alpha value is -3.22. The highest BCUT2D eigenvalue weighted by molar-refractivity contribution is 5.80. The Balaban J connectivity index is 1.29. The van der Waals surface area contributed by atoms with Crippen molar-refractivity contribution < 1.29 is 9.32 Å². The summed E-state index contributed by atoms with van der Waals surface area (Å²) < 4.78 is 5.54. The highest BCUT2D eigenvalue weighted by Crippen LogP contribution is 2.37. The first-order valence-corrected chi connectivity index (χ1v) is 11.5. The molecular weight excluding hydrogens is 402 g/mol. The average molecular weight is 432 g/mol. The van der Waals surface area contributed by atoms with Crippen molar-refractivity contribution in [3.05, 3.63) is 59.6 Å². The summed E-state index contributed by atoms with van der Waals surface area (Å²) in [4.78, 5) is 24.4. The van der Waals surface area contributed by atoms with E-state index in [0.717, 1.165) is 55.1 Å². The van der Waals surface area contributed by atoms with E-state index in [4.69, 9.17) is 4.52 Å². The summed E-state index contributed by atoms with van der Waals surface area (Å²) in [6.45, 7) is 4.13. The zero-order chi connectivity index (χ0) is 21.9. The molecule has 0 bridgehead atoms. The lowest BCUT2D eigenvalue weighted by molar-refractivity contribution is -0.125. The fourth-order valence-corrected chi connectivity index (χ4v) is 4.51. The molecule has 7 nitrogen and oxygen atoms in total. The predicted molar refractivity (Wildman–Crippen MR) is 122 cm³/mol. The molecule has 7 heteroatoms. The van der Waals surface area contributed by atoms with E-state index in [-0.39, 0.29) is 11.8 Å². The number of carbonyl (C=O) groups is 1. The van der Waals surface area contributed by atoms with Gasteiger partial charge < -0.3 is 14.7 Å². The lowest BCUT2D eigenvalue weighted by Crippen LogP contribution is -2.43. The van der Waals surface area contributed by atoms with Crippen molar-refractivity contribution in [1.82, 2.24) is 20.4 Å².